The van der Waals surface area contributed by atoms with E-state index in [0.717, 1.165) is 11.4 Å². The summed E-state index contributed by atoms with van der Waals surface area (Å²) < 4.78 is 6.83. The number of nitrogens with zero attached hydrogens (tertiary/aromatic N) is 5. The number of aromatic nitrogens is 4. The van der Waals surface area contributed by atoms with Crippen LogP contribution in [-0.4, -0.2) is 57.4 Å². The van der Waals surface area contributed by atoms with E-state index in [2.05, 4.69) is 25.5 Å². The van der Waals surface area contributed by atoms with Gasteiger partial charge in [-0.05, 0) is 37.5 Å². The molecule has 3 heterocycles. The van der Waals surface area contributed by atoms with Crippen molar-refractivity contribution in [2.24, 2.45) is 5.92 Å². The van der Waals surface area contributed by atoms with Crippen LogP contribution < -0.4 is 10.2 Å². The minimum absolute atomic E-state index is 0.101. The topological polar surface area (TPSA) is 102 Å². The fourth-order valence-electron chi connectivity index (χ4n) is 3.83. The highest BCUT2D eigenvalue weighted by molar-refractivity contribution is 5.86. The number of carbonyl (C=O) groups is 2. The molecule has 0 bridgehead atoms. The van der Waals surface area contributed by atoms with Gasteiger partial charge in [-0.15, -0.1) is 15.3 Å². The summed E-state index contributed by atoms with van der Waals surface area (Å²) in [5, 5.41) is 15.3. The summed E-state index contributed by atoms with van der Waals surface area (Å²) in [7, 11) is 0. The summed E-state index contributed by atoms with van der Waals surface area (Å²) in [6.07, 6.45) is 3.36. The molecule has 4 rings (SSSR count). The SMILES string of the molecule is CCOC(=O)C(Cc1ccccc1)NC(=O)C1CCN(c2ccc3nncn3n2)CC1. The molecule has 9 nitrogen and oxygen atoms in total. The average molecular weight is 422 g/mol. The number of amides is 1. The van der Waals surface area contributed by atoms with Crippen molar-refractivity contribution in [3.63, 3.8) is 0 Å². The van der Waals surface area contributed by atoms with Gasteiger partial charge in [0.05, 0.1) is 6.61 Å². The largest absolute Gasteiger partial charge is 0.464 e. The number of benzene rings is 1. The number of carbonyl (C=O) groups excluding carboxylic acids is 2. The molecule has 0 spiro atoms. The monoisotopic (exact) mass is 422 g/mol. The molecule has 31 heavy (non-hydrogen) atoms. The maximum absolute atomic E-state index is 12.9. The first-order valence-electron chi connectivity index (χ1n) is 10.6. The third kappa shape index (κ3) is 4.99. The summed E-state index contributed by atoms with van der Waals surface area (Å²) in [6.45, 7) is 3.46. The van der Waals surface area contributed by atoms with Crippen LogP contribution in [0.15, 0.2) is 48.8 Å². The van der Waals surface area contributed by atoms with Crippen molar-refractivity contribution < 1.29 is 14.3 Å². The second-order valence-corrected chi connectivity index (χ2v) is 7.59. The number of fused-ring (bicyclic) bond motifs is 1. The number of rotatable bonds is 7. The minimum atomic E-state index is -0.689. The molecule has 1 N–H and O–H groups in total. The molecule has 3 aromatic rings. The van der Waals surface area contributed by atoms with Crippen molar-refractivity contribution in [3.05, 3.63) is 54.4 Å². The number of anilines is 1. The molecule has 1 fully saturated rings. The molecule has 1 unspecified atom stereocenters. The molecule has 1 atom stereocenters. The van der Waals surface area contributed by atoms with Crippen LogP contribution in [0.3, 0.4) is 0 Å². The molecule has 1 amide bonds. The van der Waals surface area contributed by atoms with Crippen LogP contribution in [0, 0.1) is 5.92 Å². The van der Waals surface area contributed by atoms with Gasteiger partial charge in [0.1, 0.15) is 18.2 Å². The van der Waals surface area contributed by atoms with Crippen LogP contribution in [0.2, 0.25) is 0 Å². The molecule has 1 aliphatic heterocycles. The zero-order valence-corrected chi connectivity index (χ0v) is 17.5. The third-order valence-corrected chi connectivity index (χ3v) is 5.51. The maximum atomic E-state index is 12.9. The van der Waals surface area contributed by atoms with Crippen molar-refractivity contribution in [2.75, 3.05) is 24.6 Å². The minimum Gasteiger partial charge on any atom is -0.464 e. The van der Waals surface area contributed by atoms with Crippen molar-refractivity contribution in [3.8, 4) is 0 Å². The zero-order chi connectivity index (χ0) is 21.6. The smallest absolute Gasteiger partial charge is 0.328 e. The van der Waals surface area contributed by atoms with Gasteiger partial charge in [-0.1, -0.05) is 30.3 Å². The summed E-state index contributed by atoms with van der Waals surface area (Å²) >= 11 is 0. The number of piperidine rings is 1. The Morgan fingerprint density at radius 2 is 1.94 bits per heavy atom. The number of hydrogen-bond donors (Lipinski definition) is 1. The van der Waals surface area contributed by atoms with Crippen LogP contribution in [0.5, 0.6) is 0 Å². The van der Waals surface area contributed by atoms with Gasteiger partial charge in [0.25, 0.3) is 0 Å². The standard InChI is InChI=1S/C22H26N6O3/c1-2-31-22(30)18(14-16-6-4-3-5-7-16)24-21(29)17-10-12-27(13-11-17)20-9-8-19-25-23-15-28(19)26-20/h3-9,15,17-18H,2,10-14H2,1H3,(H,24,29). The molecular formula is C22H26N6O3. The van der Waals surface area contributed by atoms with Crippen LogP contribution >= 0.6 is 0 Å². The Bertz CT molecular complexity index is 1030. The van der Waals surface area contributed by atoms with Crippen molar-refractivity contribution in [2.45, 2.75) is 32.2 Å². The predicted molar refractivity (Wildman–Crippen MR) is 114 cm³/mol. The highest BCUT2D eigenvalue weighted by Gasteiger charge is 2.30. The lowest BCUT2D eigenvalue weighted by Crippen LogP contribution is -2.48. The summed E-state index contributed by atoms with van der Waals surface area (Å²) in [4.78, 5) is 27.5. The van der Waals surface area contributed by atoms with Crippen LogP contribution in [0.4, 0.5) is 5.82 Å². The van der Waals surface area contributed by atoms with Crippen molar-refractivity contribution in [1.29, 1.82) is 0 Å². The lowest BCUT2D eigenvalue weighted by Gasteiger charge is -2.32. The molecule has 1 saturated heterocycles. The van der Waals surface area contributed by atoms with E-state index < -0.39 is 12.0 Å². The quantitative estimate of drug-likeness (QED) is 0.578. The summed E-state index contributed by atoms with van der Waals surface area (Å²) in [5.41, 5.74) is 1.67. The van der Waals surface area contributed by atoms with Crippen LogP contribution in [0.1, 0.15) is 25.3 Å². The Morgan fingerprint density at radius 1 is 1.16 bits per heavy atom. The first-order chi connectivity index (χ1) is 15.1. The molecule has 1 aromatic carbocycles. The van der Waals surface area contributed by atoms with Crippen LogP contribution in [0.25, 0.3) is 5.65 Å². The van der Waals surface area contributed by atoms with Gasteiger partial charge in [0.2, 0.25) is 5.91 Å². The highest BCUT2D eigenvalue weighted by Crippen LogP contribution is 2.22. The van der Waals surface area contributed by atoms with E-state index >= 15 is 0 Å². The van der Waals surface area contributed by atoms with Crippen molar-refractivity contribution >= 4 is 23.3 Å². The first kappa shape index (κ1) is 20.8. The van der Waals surface area contributed by atoms with E-state index in [9.17, 15) is 9.59 Å². The Morgan fingerprint density at radius 3 is 2.68 bits per heavy atom. The van der Waals surface area contributed by atoms with Crippen molar-refractivity contribution in [1.82, 2.24) is 25.1 Å². The van der Waals surface area contributed by atoms with E-state index in [1.807, 2.05) is 42.5 Å². The highest BCUT2D eigenvalue weighted by atomic mass is 16.5. The van der Waals surface area contributed by atoms with Gasteiger partial charge in [0, 0.05) is 25.4 Å². The molecule has 0 saturated carbocycles. The van der Waals surface area contributed by atoms with Gasteiger partial charge >= 0.3 is 5.97 Å². The van der Waals surface area contributed by atoms with Gasteiger partial charge < -0.3 is 15.0 Å². The van der Waals surface area contributed by atoms with Gasteiger partial charge in [-0.25, -0.2) is 4.79 Å². The van der Waals surface area contributed by atoms with E-state index in [0.29, 0.717) is 38.0 Å². The molecule has 0 aliphatic carbocycles. The number of nitrogens with one attached hydrogen (secondary N) is 1. The number of hydrogen-bond acceptors (Lipinski definition) is 7. The fraction of sp³-hybridized carbons (Fsp3) is 0.409. The Hall–Kier alpha value is -3.49. The second kappa shape index (κ2) is 9.55. The molecule has 9 heteroatoms. The van der Waals surface area contributed by atoms with E-state index in [1.165, 1.54) is 0 Å². The predicted octanol–water partition coefficient (Wildman–Crippen LogP) is 1.63. The Labute approximate surface area is 180 Å². The van der Waals surface area contributed by atoms with E-state index in [1.54, 1.807) is 17.8 Å². The van der Waals surface area contributed by atoms with Gasteiger partial charge in [-0.3, -0.25) is 4.79 Å². The number of ether oxygens (including phenoxy) is 1. The average Bonchev–Trinajstić information content (AvgIpc) is 3.27. The second-order valence-electron chi connectivity index (χ2n) is 7.59. The molecule has 0 radical (unpaired) electrons. The first-order valence-corrected chi connectivity index (χ1v) is 10.6. The molecule has 2 aromatic heterocycles. The van der Waals surface area contributed by atoms with E-state index in [4.69, 9.17) is 4.74 Å². The zero-order valence-electron chi connectivity index (χ0n) is 17.5. The maximum Gasteiger partial charge on any atom is 0.328 e. The Balaban J connectivity index is 1.36. The fourth-order valence-corrected chi connectivity index (χ4v) is 3.83. The third-order valence-electron chi connectivity index (χ3n) is 5.51. The molecule has 162 valence electrons. The number of esters is 1. The Kier molecular flexibility index (Phi) is 6.40. The summed E-state index contributed by atoms with van der Waals surface area (Å²) in [5.74, 6) is 0.182. The molecular weight excluding hydrogens is 396 g/mol. The lowest BCUT2D eigenvalue weighted by atomic mass is 9.95. The molecule has 1 aliphatic rings. The lowest BCUT2D eigenvalue weighted by molar-refractivity contribution is -0.147. The van der Waals surface area contributed by atoms with Crippen LogP contribution in [-0.2, 0) is 20.7 Å². The normalized spacial score (nSPS) is 15.6. The van der Waals surface area contributed by atoms with E-state index in [-0.39, 0.29) is 18.4 Å². The van der Waals surface area contributed by atoms with Gasteiger partial charge in [-0.2, -0.15) is 4.52 Å². The van der Waals surface area contributed by atoms with Gasteiger partial charge in [0.15, 0.2) is 5.65 Å². The summed E-state index contributed by atoms with van der Waals surface area (Å²) in [6, 6.07) is 12.7.